The lowest BCUT2D eigenvalue weighted by atomic mass is 9.92. The second-order valence-electron chi connectivity index (χ2n) is 7.90. The number of hydrogen-bond acceptors (Lipinski definition) is 3. The lowest BCUT2D eigenvalue weighted by molar-refractivity contribution is 0.300. The lowest BCUT2D eigenvalue weighted by Crippen LogP contribution is -2.31. The molecule has 0 spiro atoms. The first-order valence-electron chi connectivity index (χ1n) is 10.2. The Balaban J connectivity index is 1.69. The topological polar surface area (TPSA) is 76.7 Å². The van der Waals surface area contributed by atoms with Crippen LogP contribution in [0.2, 0.25) is 0 Å². The number of benzene rings is 2. The molecule has 5 heteroatoms. The molecule has 4 aromatic rings. The number of H-pyrrole nitrogens is 1. The summed E-state index contributed by atoms with van der Waals surface area (Å²) >= 11 is 0. The van der Waals surface area contributed by atoms with E-state index in [9.17, 15) is 4.79 Å². The van der Waals surface area contributed by atoms with Crippen LogP contribution in [0.15, 0.2) is 71.8 Å². The van der Waals surface area contributed by atoms with Crippen LogP contribution in [0.25, 0.3) is 33.2 Å². The predicted molar refractivity (Wildman–Crippen MR) is 117 cm³/mol. The largest absolute Gasteiger partial charge is 0.328 e. The third-order valence-electron chi connectivity index (χ3n) is 6.03. The summed E-state index contributed by atoms with van der Waals surface area (Å²) in [4.78, 5) is 17.7. The Bertz CT molecular complexity index is 1200. The molecule has 0 atom stereocenters. The standard InChI is InChI=1S/C24H24N4O/c25-20-7-9-21(10-8-20)28-24(29)22(23(27-28)17-11-13-26-14-12-17)19-6-5-16-3-1-2-4-18(16)15-19/h1-6,11-15,20-21,27H,7-10,25H2. The van der Waals surface area contributed by atoms with Gasteiger partial charge in [0.2, 0.25) is 0 Å². The van der Waals surface area contributed by atoms with E-state index in [1.54, 1.807) is 12.4 Å². The summed E-state index contributed by atoms with van der Waals surface area (Å²) in [5, 5.41) is 5.72. The highest BCUT2D eigenvalue weighted by molar-refractivity contribution is 5.90. The number of hydrogen-bond donors (Lipinski definition) is 2. The molecular weight excluding hydrogens is 360 g/mol. The number of aromatic nitrogens is 3. The third-order valence-corrected chi connectivity index (χ3v) is 6.03. The predicted octanol–water partition coefficient (Wildman–Crippen LogP) is 4.50. The first-order chi connectivity index (χ1) is 14.2. The van der Waals surface area contributed by atoms with Crippen LogP contribution in [-0.2, 0) is 0 Å². The minimum Gasteiger partial charge on any atom is -0.328 e. The fourth-order valence-electron chi connectivity index (χ4n) is 4.41. The van der Waals surface area contributed by atoms with E-state index in [1.807, 2.05) is 35.0 Å². The van der Waals surface area contributed by atoms with Gasteiger partial charge in [-0.3, -0.25) is 14.9 Å². The second-order valence-corrected chi connectivity index (χ2v) is 7.90. The molecule has 0 unspecified atom stereocenters. The molecule has 0 amide bonds. The van der Waals surface area contributed by atoms with Gasteiger partial charge in [-0.1, -0.05) is 36.4 Å². The molecule has 2 aromatic heterocycles. The molecule has 146 valence electrons. The summed E-state index contributed by atoms with van der Waals surface area (Å²) in [6, 6.07) is 18.7. The molecule has 2 aromatic carbocycles. The maximum absolute atomic E-state index is 13.6. The van der Waals surface area contributed by atoms with Crippen LogP contribution in [0.3, 0.4) is 0 Å². The van der Waals surface area contributed by atoms with Crippen LogP contribution in [0, 0.1) is 0 Å². The highest BCUT2D eigenvalue weighted by atomic mass is 16.1. The molecular formula is C24H24N4O. The van der Waals surface area contributed by atoms with Crippen molar-refractivity contribution in [3.05, 3.63) is 77.3 Å². The van der Waals surface area contributed by atoms with E-state index < -0.39 is 0 Å². The smallest absolute Gasteiger partial charge is 0.275 e. The zero-order valence-corrected chi connectivity index (χ0v) is 16.2. The number of nitrogens with zero attached hydrogens (tertiary/aromatic N) is 2. The van der Waals surface area contributed by atoms with Gasteiger partial charge in [-0.25, -0.2) is 4.68 Å². The van der Waals surface area contributed by atoms with E-state index in [-0.39, 0.29) is 17.6 Å². The molecule has 0 bridgehead atoms. The van der Waals surface area contributed by atoms with Gasteiger partial charge in [0.05, 0.1) is 17.3 Å². The Labute approximate surface area is 169 Å². The maximum Gasteiger partial charge on any atom is 0.275 e. The van der Waals surface area contributed by atoms with Crippen molar-refractivity contribution in [2.24, 2.45) is 5.73 Å². The van der Waals surface area contributed by atoms with Gasteiger partial charge in [0.1, 0.15) is 0 Å². The zero-order chi connectivity index (χ0) is 19.8. The monoisotopic (exact) mass is 384 g/mol. The summed E-state index contributed by atoms with van der Waals surface area (Å²) in [6.45, 7) is 0. The van der Waals surface area contributed by atoms with Gasteiger partial charge in [-0.15, -0.1) is 0 Å². The van der Waals surface area contributed by atoms with Crippen molar-refractivity contribution in [1.29, 1.82) is 0 Å². The summed E-state index contributed by atoms with van der Waals surface area (Å²) in [7, 11) is 0. The van der Waals surface area contributed by atoms with Gasteiger partial charge >= 0.3 is 0 Å². The summed E-state index contributed by atoms with van der Waals surface area (Å²) in [5.41, 5.74) is 9.58. The maximum atomic E-state index is 13.6. The normalized spacial score (nSPS) is 19.5. The van der Waals surface area contributed by atoms with E-state index >= 15 is 0 Å². The molecule has 3 N–H and O–H groups in total. The van der Waals surface area contributed by atoms with E-state index in [0.29, 0.717) is 0 Å². The van der Waals surface area contributed by atoms with Crippen LogP contribution in [0.4, 0.5) is 0 Å². The number of nitrogens with one attached hydrogen (secondary N) is 1. The van der Waals surface area contributed by atoms with Crippen molar-refractivity contribution in [1.82, 2.24) is 14.8 Å². The van der Waals surface area contributed by atoms with E-state index in [0.717, 1.165) is 53.5 Å². The van der Waals surface area contributed by atoms with Crippen LogP contribution >= 0.6 is 0 Å². The second kappa shape index (κ2) is 7.33. The van der Waals surface area contributed by atoms with Crippen LogP contribution in [0.5, 0.6) is 0 Å². The SMILES string of the molecule is NC1CCC(n2[nH]c(-c3ccncc3)c(-c3ccc4ccccc4c3)c2=O)CC1. The van der Waals surface area contributed by atoms with Crippen molar-refractivity contribution in [2.45, 2.75) is 37.8 Å². The highest BCUT2D eigenvalue weighted by Crippen LogP contribution is 2.33. The first-order valence-corrected chi connectivity index (χ1v) is 10.2. The quantitative estimate of drug-likeness (QED) is 0.546. The van der Waals surface area contributed by atoms with Crippen molar-refractivity contribution < 1.29 is 0 Å². The number of fused-ring (bicyclic) bond motifs is 1. The van der Waals surface area contributed by atoms with E-state index in [2.05, 4.69) is 34.3 Å². The Morgan fingerprint density at radius 1 is 0.897 bits per heavy atom. The van der Waals surface area contributed by atoms with Gasteiger partial charge in [0.25, 0.3) is 5.56 Å². The van der Waals surface area contributed by atoms with Crippen molar-refractivity contribution >= 4 is 10.8 Å². The van der Waals surface area contributed by atoms with Crippen LogP contribution < -0.4 is 11.3 Å². The fraction of sp³-hybridized carbons (Fsp3) is 0.250. The average molecular weight is 384 g/mol. The Kier molecular flexibility index (Phi) is 4.52. The van der Waals surface area contributed by atoms with Crippen molar-refractivity contribution in [3.8, 4) is 22.4 Å². The van der Waals surface area contributed by atoms with Gasteiger partial charge in [0, 0.05) is 24.0 Å². The highest BCUT2D eigenvalue weighted by Gasteiger charge is 2.25. The molecule has 0 radical (unpaired) electrons. The summed E-state index contributed by atoms with van der Waals surface area (Å²) in [6.07, 6.45) is 7.27. The molecule has 0 aliphatic heterocycles. The number of aromatic amines is 1. The van der Waals surface area contributed by atoms with Gasteiger partial charge in [-0.05, 0) is 60.2 Å². The zero-order valence-electron chi connectivity index (χ0n) is 16.2. The molecule has 1 aliphatic rings. The van der Waals surface area contributed by atoms with Gasteiger partial charge < -0.3 is 5.73 Å². The molecule has 29 heavy (non-hydrogen) atoms. The molecule has 5 nitrogen and oxygen atoms in total. The van der Waals surface area contributed by atoms with Crippen LogP contribution in [0.1, 0.15) is 31.7 Å². The van der Waals surface area contributed by atoms with E-state index in [1.165, 1.54) is 5.39 Å². The van der Waals surface area contributed by atoms with Gasteiger partial charge in [0.15, 0.2) is 0 Å². The van der Waals surface area contributed by atoms with Crippen LogP contribution in [-0.4, -0.2) is 20.8 Å². The summed E-state index contributed by atoms with van der Waals surface area (Å²) < 4.78 is 1.83. The number of pyridine rings is 1. The summed E-state index contributed by atoms with van der Waals surface area (Å²) in [5.74, 6) is 0. The lowest BCUT2D eigenvalue weighted by Gasteiger charge is -2.26. The Morgan fingerprint density at radius 3 is 2.38 bits per heavy atom. The molecule has 1 aliphatic carbocycles. The minimum absolute atomic E-state index is 0.0348. The molecule has 1 fully saturated rings. The Hall–Kier alpha value is -3.18. The van der Waals surface area contributed by atoms with E-state index in [4.69, 9.17) is 5.73 Å². The minimum atomic E-state index is 0.0348. The molecule has 1 saturated carbocycles. The third kappa shape index (κ3) is 3.28. The number of nitrogens with two attached hydrogens (primary N) is 1. The number of rotatable bonds is 3. The average Bonchev–Trinajstić information content (AvgIpc) is 3.11. The molecule has 5 rings (SSSR count). The molecule has 2 heterocycles. The Morgan fingerprint density at radius 2 is 1.62 bits per heavy atom. The first kappa shape index (κ1) is 17.9. The molecule has 0 saturated heterocycles. The van der Waals surface area contributed by atoms with Gasteiger partial charge in [-0.2, -0.15) is 0 Å². The van der Waals surface area contributed by atoms with Crippen molar-refractivity contribution in [3.63, 3.8) is 0 Å². The van der Waals surface area contributed by atoms with Crippen molar-refractivity contribution in [2.75, 3.05) is 0 Å². The fourth-order valence-corrected chi connectivity index (χ4v) is 4.41.